The molecule has 0 bridgehead atoms. The van der Waals surface area contributed by atoms with Gasteiger partial charge < -0.3 is 4.42 Å². The van der Waals surface area contributed by atoms with Crippen molar-refractivity contribution >= 4 is 6.08 Å². The van der Waals surface area contributed by atoms with E-state index >= 15 is 0 Å². The standard InChI is InChI=1S/C20H28O/c1-15(9-11-19-17(3)12-14-21-19)8-10-18-16(2)7-6-13-20(18,4)5/h8-9,11-12,14H,6-7,10,13H2,1-5H3/b11-9-,15-8+. The fourth-order valence-corrected chi connectivity index (χ4v) is 3.22. The lowest BCUT2D eigenvalue weighted by atomic mass is 9.71. The van der Waals surface area contributed by atoms with Crippen LogP contribution in [0.5, 0.6) is 0 Å². The molecule has 0 saturated carbocycles. The largest absolute Gasteiger partial charge is 0.465 e. The molecule has 1 aromatic heterocycles. The highest BCUT2D eigenvalue weighted by molar-refractivity contribution is 5.50. The van der Waals surface area contributed by atoms with E-state index in [9.17, 15) is 0 Å². The van der Waals surface area contributed by atoms with Crippen LogP contribution in [0, 0.1) is 12.3 Å². The van der Waals surface area contributed by atoms with Crippen LogP contribution in [0.4, 0.5) is 0 Å². The lowest BCUT2D eigenvalue weighted by Crippen LogP contribution is -2.20. The number of aryl methyl sites for hydroxylation is 1. The Morgan fingerprint density at radius 1 is 1.33 bits per heavy atom. The maximum absolute atomic E-state index is 5.44. The van der Waals surface area contributed by atoms with E-state index in [4.69, 9.17) is 4.42 Å². The van der Waals surface area contributed by atoms with Crippen molar-refractivity contribution in [1.29, 1.82) is 0 Å². The van der Waals surface area contributed by atoms with Gasteiger partial charge >= 0.3 is 0 Å². The molecule has 21 heavy (non-hydrogen) atoms. The fourth-order valence-electron chi connectivity index (χ4n) is 3.22. The van der Waals surface area contributed by atoms with Crippen molar-refractivity contribution in [2.24, 2.45) is 5.41 Å². The highest BCUT2D eigenvalue weighted by atomic mass is 16.3. The molecule has 1 aromatic rings. The van der Waals surface area contributed by atoms with Gasteiger partial charge in [-0.3, -0.25) is 0 Å². The molecule has 0 unspecified atom stereocenters. The molecule has 1 heterocycles. The maximum Gasteiger partial charge on any atom is 0.129 e. The van der Waals surface area contributed by atoms with Crippen molar-refractivity contribution < 1.29 is 4.42 Å². The summed E-state index contributed by atoms with van der Waals surface area (Å²) in [6.07, 6.45) is 13.3. The highest BCUT2D eigenvalue weighted by Gasteiger charge is 2.27. The Bertz CT molecular complexity index is 579. The van der Waals surface area contributed by atoms with E-state index in [-0.39, 0.29) is 0 Å². The lowest BCUT2D eigenvalue weighted by molar-refractivity contribution is 0.360. The van der Waals surface area contributed by atoms with Crippen molar-refractivity contribution in [2.45, 2.75) is 60.3 Å². The molecule has 1 aliphatic rings. The van der Waals surface area contributed by atoms with Crippen LogP contribution in [-0.2, 0) is 0 Å². The van der Waals surface area contributed by atoms with Crippen LogP contribution in [0.3, 0.4) is 0 Å². The SMILES string of the molecule is CC1=C(C/C=C(C)/C=C\c2occc2C)C(C)(C)CCC1. The monoisotopic (exact) mass is 284 g/mol. The summed E-state index contributed by atoms with van der Waals surface area (Å²) in [5.41, 5.74) is 6.08. The molecule has 1 aliphatic carbocycles. The summed E-state index contributed by atoms with van der Waals surface area (Å²) in [6, 6.07) is 2.00. The van der Waals surface area contributed by atoms with E-state index in [2.05, 4.69) is 52.8 Å². The van der Waals surface area contributed by atoms with Crippen LogP contribution in [0.15, 0.2) is 45.6 Å². The summed E-state index contributed by atoms with van der Waals surface area (Å²) in [5, 5.41) is 0. The van der Waals surface area contributed by atoms with Crippen LogP contribution in [0.25, 0.3) is 6.08 Å². The minimum atomic E-state index is 0.362. The third kappa shape index (κ3) is 4.00. The first-order chi connectivity index (χ1) is 9.90. The normalized spacial score (nSPS) is 19.6. The predicted octanol–water partition coefficient (Wildman–Crippen LogP) is 6.46. The van der Waals surface area contributed by atoms with Crippen LogP contribution < -0.4 is 0 Å². The zero-order chi connectivity index (χ0) is 15.5. The molecule has 0 aromatic carbocycles. The molecule has 0 amide bonds. The van der Waals surface area contributed by atoms with Gasteiger partial charge in [-0.25, -0.2) is 0 Å². The van der Waals surface area contributed by atoms with Crippen molar-refractivity contribution in [3.05, 3.63) is 52.5 Å². The predicted molar refractivity (Wildman–Crippen MR) is 91.2 cm³/mol. The van der Waals surface area contributed by atoms with Crippen LogP contribution >= 0.6 is 0 Å². The summed E-state index contributed by atoms with van der Waals surface area (Å²) in [4.78, 5) is 0. The first-order valence-electron chi connectivity index (χ1n) is 7.98. The summed E-state index contributed by atoms with van der Waals surface area (Å²) in [5.74, 6) is 0.955. The molecular weight excluding hydrogens is 256 g/mol. The van der Waals surface area contributed by atoms with Gasteiger partial charge in [-0.1, -0.05) is 42.7 Å². The van der Waals surface area contributed by atoms with Gasteiger partial charge in [-0.05, 0) is 69.6 Å². The summed E-state index contributed by atoms with van der Waals surface area (Å²) in [6.45, 7) is 11.3. The second kappa shape index (κ2) is 6.51. The fraction of sp³-hybridized carbons (Fsp3) is 0.500. The summed E-state index contributed by atoms with van der Waals surface area (Å²) in [7, 11) is 0. The van der Waals surface area contributed by atoms with Gasteiger partial charge in [0.1, 0.15) is 5.76 Å². The molecule has 0 radical (unpaired) electrons. The molecule has 114 valence electrons. The van der Waals surface area contributed by atoms with Gasteiger partial charge in [0.15, 0.2) is 0 Å². The van der Waals surface area contributed by atoms with E-state index in [1.807, 2.05) is 6.07 Å². The van der Waals surface area contributed by atoms with Crippen molar-refractivity contribution in [2.75, 3.05) is 0 Å². The van der Waals surface area contributed by atoms with Gasteiger partial charge in [0.2, 0.25) is 0 Å². The smallest absolute Gasteiger partial charge is 0.129 e. The quantitative estimate of drug-likeness (QED) is 0.456. The molecule has 0 aliphatic heterocycles. The first-order valence-corrected chi connectivity index (χ1v) is 7.98. The molecule has 0 saturated heterocycles. The Hall–Kier alpha value is -1.50. The van der Waals surface area contributed by atoms with Crippen molar-refractivity contribution in [1.82, 2.24) is 0 Å². The first kappa shape index (κ1) is 15.9. The van der Waals surface area contributed by atoms with Crippen LogP contribution in [0.2, 0.25) is 0 Å². The molecule has 2 rings (SSSR count). The average Bonchev–Trinajstić information content (AvgIpc) is 2.80. The van der Waals surface area contributed by atoms with E-state index in [1.54, 1.807) is 17.4 Å². The maximum atomic E-state index is 5.44. The lowest BCUT2D eigenvalue weighted by Gasteiger charge is -2.34. The number of rotatable bonds is 4. The second-order valence-electron chi connectivity index (χ2n) is 6.95. The number of allylic oxidation sites excluding steroid dienone is 5. The zero-order valence-corrected chi connectivity index (χ0v) is 14.1. The van der Waals surface area contributed by atoms with E-state index in [1.165, 1.54) is 30.4 Å². The minimum absolute atomic E-state index is 0.362. The van der Waals surface area contributed by atoms with Gasteiger partial charge in [0.25, 0.3) is 0 Å². The Labute approximate surface area is 129 Å². The molecule has 0 N–H and O–H groups in total. The topological polar surface area (TPSA) is 13.1 Å². The van der Waals surface area contributed by atoms with E-state index in [0.29, 0.717) is 5.41 Å². The average molecular weight is 284 g/mol. The van der Waals surface area contributed by atoms with Crippen LogP contribution in [-0.4, -0.2) is 0 Å². The third-order valence-electron chi connectivity index (χ3n) is 4.71. The second-order valence-corrected chi connectivity index (χ2v) is 6.95. The number of hydrogen-bond donors (Lipinski definition) is 0. The Kier molecular flexibility index (Phi) is 4.92. The Morgan fingerprint density at radius 3 is 2.71 bits per heavy atom. The highest BCUT2D eigenvalue weighted by Crippen LogP contribution is 2.42. The number of hydrogen-bond acceptors (Lipinski definition) is 1. The molecule has 1 heteroatoms. The number of furan rings is 1. The van der Waals surface area contributed by atoms with Gasteiger partial charge in [-0.2, -0.15) is 0 Å². The van der Waals surface area contributed by atoms with E-state index in [0.717, 1.165) is 12.2 Å². The summed E-state index contributed by atoms with van der Waals surface area (Å²) >= 11 is 0. The van der Waals surface area contributed by atoms with Crippen molar-refractivity contribution in [3.63, 3.8) is 0 Å². The third-order valence-corrected chi connectivity index (χ3v) is 4.71. The minimum Gasteiger partial charge on any atom is -0.465 e. The van der Waals surface area contributed by atoms with E-state index < -0.39 is 0 Å². The van der Waals surface area contributed by atoms with Gasteiger partial charge in [0, 0.05) is 0 Å². The molecule has 1 nitrogen and oxygen atoms in total. The van der Waals surface area contributed by atoms with Crippen molar-refractivity contribution in [3.8, 4) is 0 Å². The Balaban J connectivity index is 2.07. The van der Waals surface area contributed by atoms with Gasteiger partial charge in [0.05, 0.1) is 6.26 Å². The van der Waals surface area contributed by atoms with Crippen LogP contribution in [0.1, 0.15) is 64.7 Å². The summed E-state index contributed by atoms with van der Waals surface area (Å²) < 4.78 is 5.44. The molecular formula is C20H28O. The molecule has 0 atom stereocenters. The molecule has 0 spiro atoms. The van der Waals surface area contributed by atoms with Gasteiger partial charge in [-0.15, -0.1) is 0 Å². The Morgan fingerprint density at radius 2 is 2.10 bits per heavy atom. The molecule has 0 fully saturated rings. The zero-order valence-electron chi connectivity index (χ0n) is 14.1.